The van der Waals surface area contributed by atoms with E-state index in [1.165, 1.54) is 6.07 Å². The Bertz CT molecular complexity index is 1240. The molecule has 0 aliphatic rings. The Morgan fingerprint density at radius 1 is 1.09 bits per heavy atom. The molecule has 0 saturated carbocycles. The molecule has 0 unspecified atom stereocenters. The Kier molecular flexibility index (Phi) is 8.48. The zero-order valence-corrected chi connectivity index (χ0v) is 21.6. The van der Waals surface area contributed by atoms with E-state index in [9.17, 15) is 8.42 Å². The minimum Gasteiger partial charge on any atom is -0.382 e. The highest BCUT2D eigenvalue weighted by Gasteiger charge is 2.18. The van der Waals surface area contributed by atoms with Crippen LogP contribution in [-0.2, 0) is 23.0 Å². The van der Waals surface area contributed by atoms with Crippen LogP contribution in [0.2, 0.25) is 10.0 Å². The van der Waals surface area contributed by atoms with E-state index >= 15 is 0 Å². The zero-order valence-electron chi connectivity index (χ0n) is 19.3. The lowest BCUT2D eigenvalue weighted by molar-refractivity contribution is 0.572. The molecule has 2 aromatic heterocycles. The Morgan fingerprint density at radius 2 is 1.85 bits per heavy atom. The fraction of sp³-hybridized carbons (Fsp3) is 0.478. The average Bonchev–Trinajstić information content (AvgIpc) is 3.11. The summed E-state index contributed by atoms with van der Waals surface area (Å²) in [4.78, 5) is 9.23. The minimum absolute atomic E-state index is 0.0222. The molecule has 7 nitrogen and oxygen atoms in total. The molecule has 10 heteroatoms. The predicted molar refractivity (Wildman–Crippen MR) is 138 cm³/mol. The fourth-order valence-electron chi connectivity index (χ4n) is 3.84. The summed E-state index contributed by atoms with van der Waals surface area (Å²) in [7, 11) is -3.50. The summed E-state index contributed by atoms with van der Waals surface area (Å²) in [6.07, 6.45) is 5.15. The van der Waals surface area contributed by atoms with Gasteiger partial charge in [-0.2, -0.15) is 0 Å². The minimum atomic E-state index is -3.50. The number of nitrogen functional groups attached to an aromatic ring is 1. The van der Waals surface area contributed by atoms with E-state index in [1.54, 1.807) is 12.1 Å². The van der Waals surface area contributed by atoms with Gasteiger partial charge in [-0.15, -0.1) is 0 Å². The van der Waals surface area contributed by atoms with Gasteiger partial charge in [0.15, 0.2) is 5.82 Å². The predicted octanol–water partition coefficient (Wildman–Crippen LogP) is 5.89. The van der Waals surface area contributed by atoms with E-state index in [2.05, 4.69) is 21.2 Å². The molecule has 2 heterocycles. The number of hydrogen-bond acceptors (Lipinski definition) is 5. The lowest BCUT2D eigenvalue weighted by Crippen LogP contribution is -2.17. The van der Waals surface area contributed by atoms with Crippen LogP contribution in [0, 0.1) is 13.8 Å². The van der Waals surface area contributed by atoms with Crippen LogP contribution in [0.3, 0.4) is 0 Å². The molecule has 1 aromatic carbocycles. The molecule has 180 valence electrons. The number of aryl methyl sites for hydroxylation is 4. The summed E-state index contributed by atoms with van der Waals surface area (Å²) in [5, 5.41) is 0.730. The molecule has 0 saturated heterocycles. The van der Waals surface area contributed by atoms with Crippen molar-refractivity contribution < 1.29 is 8.42 Å². The van der Waals surface area contributed by atoms with Crippen LogP contribution in [0.4, 0.5) is 11.5 Å². The molecular weight excluding hydrogens is 481 g/mol. The van der Waals surface area contributed by atoms with Crippen LogP contribution < -0.4 is 10.5 Å². The van der Waals surface area contributed by atoms with Gasteiger partial charge in [0.05, 0.1) is 22.0 Å². The summed E-state index contributed by atoms with van der Waals surface area (Å²) in [6.45, 7) is 6.92. The van der Waals surface area contributed by atoms with Crippen molar-refractivity contribution in [3.63, 3.8) is 0 Å². The van der Waals surface area contributed by atoms with Crippen molar-refractivity contribution in [3.05, 3.63) is 45.3 Å². The number of unbranched alkanes of at least 4 members (excludes halogenated alkanes) is 3. The highest BCUT2D eigenvalue weighted by atomic mass is 35.5. The number of nitrogens with one attached hydrogen (secondary N) is 1. The van der Waals surface area contributed by atoms with Crippen molar-refractivity contribution in [1.29, 1.82) is 0 Å². The van der Waals surface area contributed by atoms with Gasteiger partial charge in [0.2, 0.25) is 10.0 Å². The van der Waals surface area contributed by atoms with Crippen LogP contribution in [0.5, 0.6) is 0 Å². The van der Waals surface area contributed by atoms with Gasteiger partial charge in [-0.25, -0.2) is 18.4 Å². The Labute approximate surface area is 205 Å². The molecule has 33 heavy (non-hydrogen) atoms. The van der Waals surface area contributed by atoms with E-state index < -0.39 is 10.0 Å². The molecule has 0 bridgehead atoms. The van der Waals surface area contributed by atoms with Crippen molar-refractivity contribution in [2.75, 3.05) is 16.2 Å². The van der Waals surface area contributed by atoms with Crippen molar-refractivity contribution >= 4 is 55.8 Å². The number of fused-ring (bicyclic) bond motifs is 1. The quantitative estimate of drug-likeness (QED) is 0.312. The number of sulfonamides is 1. The molecule has 0 atom stereocenters. The number of aromatic nitrogens is 3. The number of rotatable bonds is 11. The lowest BCUT2D eigenvalue weighted by Gasteiger charge is -2.12. The Hall–Kier alpha value is -2.03. The summed E-state index contributed by atoms with van der Waals surface area (Å²) in [6, 6.07) is 4.68. The van der Waals surface area contributed by atoms with Gasteiger partial charge >= 0.3 is 0 Å². The van der Waals surface area contributed by atoms with Crippen molar-refractivity contribution in [2.45, 2.75) is 65.8 Å². The van der Waals surface area contributed by atoms with Gasteiger partial charge in [0, 0.05) is 23.7 Å². The third-order valence-electron chi connectivity index (χ3n) is 5.72. The van der Waals surface area contributed by atoms with Gasteiger partial charge in [-0.3, -0.25) is 4.72 Å². The molecular formula is C23H31Cl2N5O2S. The first-order chi connectivity index (χ1) is 15.6. The van der Waals surface area contributed by atoms with Gasteiger partial charge in [-0.1, -0.05) is 43.0 Å². The molecule has 0 amide bonds. The van der Waals surface area contributed by atoms with E-state index in [0.29, 0.717) is 22.9 Å². The monoisotopic (exact) mass is 511 g/mol. The number of halogens is 2. The molecule has 0 aliphatic carbocycles. The van der Waals surface area contributed by atoms with Crippen LogP contribution in [0.1, 0.15) is 56.1 Å². The maximum absolute atomic E-state index is 12.5. The number of benzene rings is 1. The van der Waals surface area contributed by atoms with Crippen molar-refractivity contribution in [1.82, 2.24) is 14.5 Å². The second kappa shape index (κ2) is 10.9. The SMILES string of the molecule is CCCCc1nc2c(N)nc(C)c(C)c2n1CCCCCS(=O)(=O)Nc1ccc(Cl)cc1Cl. The largest absolute Gasteiger partial charge is 0.382 e. The van der Waals surface area contributed by atoms with Gasteiger partial charge in [-0.05, 0) is 56.9 Å². The molecule has 0 spiro atoms. The number of nitrogens with two attached hydrogens (primary N) is 1. The van der Waals surface area contributed by atoms with Crippen molar-refractivity contribution in [2.24, 2.45) is 0 Å². The van der Waals surface area contributed by atoms with Gasteiger partial charge in [0.1, 0.15) is 11.3 Å². The lowest BCUT2D eigenvalue weighted by atomic mass is 10.1. The molecule has 0 radical (unpaired) electrons. The third kappa shape index (κ3) is 6.31. The van der Waals surface area contributed by atoms with Crippen molar-refractivity contribution in [3.8, 4) is 0 Å². The summed E-state index contributed by atoms with van der Waals surface area (Å²) in [5.41, 5.74) is 10.3. The normalized spacial score (nSPS) is 11.9. The fourth-order valence-corrected chi connectivity index (χ4v) is 5.55. The molecule has 0 fully saturated rings. The molecule has 3 rings (SSSR count). The van der Waals surface area contributed by atoms with Crippen LogP contribution in [0.25, 0.3) is 11.0 Å². The van der Waals surface area contributed by atoms with E-state index in [0.717, 1.165) is 66.8 Å². The van der Waals surface area contributed by atoms with Crippen LogP contribution in [0.15, 0.2) is 18.2 Å². The Morgan fingerprint density at radius 3 is 2.55 bits per heavy atom. The first-order valence-electron chi connectivity index (χ1n) is 11.2. The van der Waals surface area contributed by atoms with E-state index in [4.69, 9.17) is 33.9 Å². The molecule has 3 N–H and O–H groups in total. The topological polar surface area (TPSA) is 103 Å². The summed E-state index contributed by atoms with van der Waals surface area (Å²) < 4.78 is 29.7. The van der Waals surface area contributed by atoms with Gasteiger partial charge in [0.25, 0.3) is 0 Å². The molecule has 0 aliphatic heterocycles. The highest BCUT2D eigenvalue weighted by molar-refractivity contribution is 7.92. The second-order valence-corrected chi connectivity index (χ2v) is 11.0. The average molecular weight is 513 g/mol. The second-order valence-electron chi connectivity index (χ2n) is 8.29. The number of imidazole rings is 1. The zero-order chi connectivity index (χ0) is 24.2. The van der Waals surface area contributed by atoms with E-state index in [1.807, 2.05) is 13.8 Å². The smallest absolute Gasteiger partial charge is 0.232 e. The maximum atomic E-state index is 12.5. The standard InChI is InChI=1S/C23H31Cl2N5O2S/c1-4-5-9-20-28-21-22(15(2)16(3)27-23(21)26)30(20)12-7-6-8-13-33(31,32)29-19-11-10-17(24)14-18(19)25/h10-11,14,29H,4-9,12-13H2,1-3H3,(H2,26,27). The first kappa shape index (κ1) is 25.6. The number of pyridine rings is 1. The summed E-state index contributed by atoms with van der Waals surface area (Å²) >= 11 is 11.9. The molecule has 3 aromatic rings. The number of anilines is 2. The maximum Gasteiger partial charge on any atom is 0.232 e. The summed E-state index contributed by atoms with van der Waals surface area (Å²) in [5.74, 6) is 1.50. The Balaban J connectivity index is 1.64. The third-order valence-corrected chi connectivity index (χ3v) is 7.63. The first-order valence-corrected chi connectivity index (χ1v) is 13.6. The highest BCUT2D eigenvalue weighted by Crippen LogP contribution is 2.28. The van der Waals surface area contributed by atoms with Gasteiger partial charge < -0.3 is 10.3 Å². The van der Waals surface area contributed by atoms with Crippen LogP contribution >= 0.6 is 23.2 Å². The van der Waals surface area contributed by atoms with E-state index in [-0.39, 0.29) is 10.8 Å². The number of nitrogens with zero attached hydrogens (tertiary/aromatic N) is 3. The van der Waals surface area contributed by atoms with Crippen LogP contribution in [-0.4, -0.2) is 28.7 Å². The number of hydrogen-bond donors (Lipinski definition) is 2.